The number of hydrogen-bond donors (Lipinski definition) is 1. The first kappa shape index (κ1) is 19.4. The van der Waals surface area contributed by atoms with Crippen LogP contribution in [0.2, 0.25) is 0 Å². The molecule has 0 bridgehead atoms. The SMILES string of the molecule is CC(C)(C)Cn1cc(CN)c2ccc(-c3ccc(F)cc3C(F)(F)F)nc21. The molecule has 0 unspecified atom stereocenters. The van der Waals surface area contributed by atoms with Gasteiger partial charge < -0.3 is 10.3 Å². The zero-order chi connectivity index (χ0) is 20.0. The van der Waals surface area contributed by atoms with Gasteiger partial charge in [-0.1, -0.05) is 20.8 Å². The zero-order valence-corrected chi connectivity index (χ0v) is 15.4. The Morgan fingerprint density at radius 1 is 1.07 bits per heavy atom. The smallest absolute Gasteiger partial charge is 0.332 e. The van der Waals surface area contributed by atoms with Crippen molar-refractivity contribution in [3.05, 3.63) is 53.5 Å². The van der Waals surface area contributed by atoms with Crippen LogP contribution >= 0.6 is 0 Å². The minimum atomic E-state index is -4.68. The fourth-order valence-electron chi connectivity index (χ4n) is 3.16. The van der Waals surface area contributed by atoms with Crippen LogP contribution in [0.3, 0.4) is 0 Å². The normalized spacial score (nSPS) is 12.7. The second kappa shape index (κ2) is 6.64. The largest absolute Gasteiger partial charge is 0.417 e. The van der Waals surface area contributed by atoms with E-state index < -0.39 is 17.6 Å². The van der Waals surface area contributed by atoms with Crippen LogP contribution in [-0.4, -0.2) is 9.55 Å². The number of hydrogen-bond acceptors (Lipinski definition) is 2. The minimum Gasteiger partial charge on any atom is -0.332 e. The number of rotatable bonds is 3. The van der Waals surface area contributed by atoms with E-state index in [2.05, 4.69) is 25.8 Å². The summed E-state index contributed by atoms with van der Waals surface area (Å²) >= 11 is 0. The molecule has 2 aromatic heterocycles. The second-order valence-corrected chi connectivity index (χ2v) is 7.80. The van der Waals surface area contributed by atoms with Crippen LogP contribution in [0.15, 0.2) is 36.5 Å². The van der Waals surface area contributed by atoms with Gasteiger partial charge in [0.2, 0.25) is 0 Å². The predicted octanol–water partition coefficient (Wildman–Crippen LogP) is 5.37. The Morgan fingerprint density at radius 2 is 1.78 bits per heavy atom. The van der Waals surface area contributed by atoms with Gasteiger partial charge in [-0.05, 0) is 41.3 Å². The summed E-state index contributed by atoms with van der Waals surface area (Å²) in [6.45, 7) is 7.13. The summed E-state index contributed by atoms with van der Waals surface area (Å²) in [7, 11) is 0. The molecule has 0 aliphatic heterocycles. The molecule has 0 aliphatic rings. The molecule has 0 saturated carbocycles. The van der Waals surface area contributed by atoms with Gasteiger partial charge in [0, 0.05) is 30.2 Å². The van der Waals surface area contributed by atoms with Gasteiger partial charge >= 0.3 is 6.18 Å². The van der Waals surface area contributed by atoms with Gasteiger partial charge in [0.1, 0.15) is 11.5 Å². The number of nitrogens with zero attached hydrogens (tertiary/aromatic N) is 2. The highest BCUT2D eigenvalue weighted by Crippen LogP contribution is 2.37. The lowest BCUT2D eigenvalue weighted by molar-refractivity contribution is -0.137. The average Bonchev–Trinajstić information content (AvgIpc) is 2.89. The van der Waals surface area contributed by atoms with E-state index in [1.54, 1.807) is 6.07 Å². The molecule has 2 heterocycles. The van der Waals surface area contributed by atoms with Crippen molar-refractivity contribution >= 4 is 11.0 Å². The molecule has 3 rings (SSSR count). The van der Waals surface area contributed by atoms with E-state index in [4.69, 9.17) is 5.73 Å². The molecule has 0 amide bonds. The zero-order valence-electron chi connectivity index (χ0n) is 15.4. The minimum absolute atomic E-state index is 0.0531. The van der Waals surface area contributed by atoms with Gasteiger partial charge in [-0.15, -0.1) is 0 Å². The molecule has 1 aromatic carbocycles. The van der Waals surface area contributed by atoms with Crippen molar-refractivity contribution in [2.24, 2.45) is 11.1 Å². The Bertz CT molecular complexity index is 981. The Morgan fingerprint density at radius 3 is 2.37 bits per heavy atom. The van der Waals surface area contributed by atoms with E-state index in [9.17, 15) is 17.6 Å². The number of nitrogens with two attached hydrogens (primary N) is 1. The van der Waals surface area contributed by atoms with Crippen LogP contribution in [0.4, 0.5) is 17.6 Å². The van der Waals surface area contributed by atoms with E-state index >= 15 is 0 Å². The van der Waals surface area contributed by atoms with Crippen molar-refractivity contribution in [3.8, 4) is 11.3 Å². The topological polar surface area (TPSA) is 43.8 Å². The maximum Gasteiger partial charge on any atom is 0.417 e. The Hall–Kier alpha value is -2.41. The highest BCUT2D eigenvalue weighted by molar-refractivity contribution is 5.83. The summed E-state index contributed by atoms with van der Waals surface area (Å²) in [5.74, 6) is -0.936. The lowest BCUT2D eigenvalue weighted by atomic mass is 9.97. The summed E-state index contributed by atoms with van der Waals surface area (Å²) in [5.41, 5.74) is 6.16. The van der Waals surface area contributed by atoms with Crippen molar-refractivity contribution < 1.29 is 17.6 Å². The monoisotopic (exact) mass is 379 g/mol. The van der Waals surface area contributed by atoms with Crippen LogP contribution in [-0.2, 0) is 19.3 Å². The lowest BCUT2D eigenvalue weighted by Crippen LogP contribution is -2.15. The van der Waals surface area contributed by atoms with E-state index in [1.807, 2.05) is 10.8 Å². The summed E-state index contributed by atoms with van der Waals surface area (Å²) in [4.78, 5) is 4.49. The maximum atomic E-state index is 13.4. The van der Waals surface area contributed by atoms with Crippen LogP contribution < -0.4 is 5.73 Å². The van der Waals surface area contributed by atoms with Crippen molar-refractivity contribution in [1.29, 1.82) is 0 Å². The fraction of sp³-hybridized carbons (Fsp3) is 0.350. The van der Waals surface area contributed by atoms with Gasteiger partial charge in [0.25, 0.3) is 0 Å². The highest BCUT2D eigenvalue weighted by atomic mass is 19.4. The van der Waals surface area contributed by atoms with E-state index in [0.29, 0.717) is 24.8 Å². The van der Waals surface area contributed by atoms with Crippen LogP contribution in [0.5, 0.6) is 0 Å². The second-order valence-electron chi connectivity index (χ2n) is 7.80. The lowest BCUT2D eigenvalue weighted by Gasteiger charge is -2.19. The molecule has 0 spiro atoms. The van der Waals surface area contributed by atoms with Crippen molar-refractivity contribution in [3.63, 3.8) is 0 Å². The standard InChI is InChI=1S/C20H21F4N3/c1-19(2,3)11-27-10-12(9-25)14-6-7-17(26-18(14)27)15-5-4-13(21)8-16(15)20(22,23)24/h4-8,10H,9,11,25H2,1-3H3. The van der Waals surface area contributed by atoms with Gasteiger partial charge in [0.05, 0.1) is 11.3 Å². The maximum absolute atomic E-state index is 13.4. The third-order valence-corrected chi connectivity index (χ3v) is 4.23. The molecule has 144 valence electrons. The molecule has 3 nitrogen and oxygen atoms in total. The van der Waals surface area contributed by atoms with Crippen molar-refractivity contribution in [2.45, 2.75) is 40.0 Å². The first-order chi connectivity index (χ1) is 12.5. The molecule has 0 fully saturated rings. The van der Waals surface area contributed by atoms with Crippen LogP contribution in [0, 0.1) is 11.2 Å². The number of fused-ring (bicyclic) bond motifs is 1. The molecular weight excluding hydrogens is 358 g/mol. The quantitative estimate of drug-likeness (QED) is 0.622. The molecule has 2 N–H and O–H groups in total. The molecule has 3 aromatic rings. The van der Waals surface area contributed by atoms with Gasteiger partial charge in [-0.25, -0.2) is 9.37 Å². The summed E-state index contributed by atoms with van der Waals surface area (Å²) in [6.07, 6.45) is -2.79. The van der Waals surface area contributed by atoms with Gasteiger partial charge in [-0.2, -0.15) is 13.2 Å². The highest BCUT2D eigenvalue weighted by Gasteiger charge is 2.34. The van der Waals surface area contributed by atoms with Gasteiger partial charge in [0.15, 0.2) is 0 Å². The third-order valence-electron chi connectivity index (χ3n) is 4.23. The molecule has 0 radical (unpaired) electrons. The number of halogens is 4. The summed E-state index contributed by atoms with van der Waals surface area (Å²) in [5, 5.41) is 0.807. The Labute approximate surface area is 154 Å². The number of benzene rings is 1. The number of aromatic nitrogens is 2. The molecule has 0 aliphatic carbocycles. The number of pyridine rings is 1. The molecule has 27 heavy (non-hydrogen) atoms. The first-order valence-corrected chi connectivity index (χ1v) is 8.55. The number of alkyl halides is 3. The first-order valence-electron chi connectivity index (χ1n) is 8.55. The Balaban J connectivity index is 2.22. The predicted molar refractivity (Wildman–Crippen MR) is 97.5 cm³/mol. The van der Waals surface area contributed by atoms with Gasteiger partial charge in [-0.3, -0.25) is 0 Å². The van der Waals surface area contributed by atoms with E-state index in [1.165, 1.54) is 6.07 Å². The third kappa shape index (κ3) is 3.98. The average molecular weight is 379 g/mol. The fourth-order valence-corrected chi connectivity index (χ4v) is 3.16. The van der Waals surface area contributed by atoms with Crippen LogP contribution in [0.1, 0.15) is 31.9 Å². The molecule has 0 atom stereocenters. The summed E-state index contributed by atoms with van der Waals surface area (Å²) < 4.78 is 55.4. The van der Waals surface area contributed by atoms with Crippen LogP contribution in [0.25, 0.3) is 22.3 Å². The molecule has 7 heteroatoms. The van der Waals surface area contributed by atoms with E-state index in [0.717, 1.165) is 23.1 Å². The van der Waals surface area contributed by atoms with E-state index in [-0.39, 0.29) is 16.7 Å². The van der Waals surface area contributed by atoms with Crippen molar-refractivity contribution in [2.75, 3.05) is 0 Å². The molecular formula is C20H21F4N3. The van der Waals surface area contributed by atoms with Crippen molar-refractivity contribution in [1.82, 2.24) is 9.55 Å². The molecule has 0 saturated heterocycles. The summed E-state index contributed by atoms with van der Waals surface area (Å²) in [6, 6.07) is 5.87. The Kier molecular flexibility index (Phi) is 4.76.